The molecule has 0 aromatic carbocycles. The Bertz CT molecular complexity index is 377. The molecule has 114 valence electrons. The molecule has 0 aromatic rings. The number of nitrogens with zero attached hydrogens (tertiary/aromatic N) is 1. The Balaban J connectivity index is 2.75. The van der Waals surface area contributed by atoms with Gasteiger partial charge in [-0.15, -0.1) is 0 Å². The molecule has 1 heterocycles. The summed E-state index contributed by atoms with van der Waals surface area (Å²) in [7, 11) is -3.11. The molecule has 1 fully saturated rings. The quantitative estimate of drug-likeness (QED) is 0.752. The minimum absolute atomic E-state index is 0.0660. The van der Waals surface area contributed by atoms with E-state index in [0.717, 1.165) is 19.3 Å². The van der Waals surface area contributed by atoms with Gasteiger partial charge in [-0.1, -0.05) is 13.8 Å². The van der Waals surface area contributed by atoms with Crippen molar-refractivity contribution in [3.05, 3.63) is 0 Å². The molecule has 1 aliphatic rings. The number of aliphatic hydroxyl groups is 1. The van der Waals surface area contributed by atoms with E-state index in [1.54, 1.807) is 4.31 Å². The zero-order valence-electron chi connectivity index (χ0n) is 12.3. The van der Waals surface area contributed by atoms with Crippen molar-refractivity contribution in [1.82, 2.24) is 4.31 Å². The number of aliphatic hydroxyl groups excluding tert-OH is 1. The predicted molar refractivity (Wildman–Crippen MR) is 77.2 cm³/mol. The van der Waals surface area contributed by atoms with Crippen LogP contribution in [0, 0.1) is 17.3 Å². The lowest BCUT2D eigenvalue weighted by Gasteiger charge is -2.40. The first-order chi connectivity index (χ1) is 8.75. The van der Waals surface area contributed by atoms with Crippen molar-refractivity contribution in [3.63, 3.8) is 0 Å². The second kappa shape index (κ2) is 6.52. The minimum atomic E-state index is -3.11. The summed E-state index contributed by atoms with van der Waals surface area (Å²) in [6.45, 7) is 5.83. The van der Waals surface area contributed by atoms with Gasteiger partial charge >= 0.3 is 0 Å². The molecule has 1 saturated heterocycles. The standard InChI is InChI=1S/C13H28N2O3S/c1-11(2)13(9-14,10-16)7-12-5-4-6-15(8-12)19(3,17)18/h11-12,16H,4-10,14H2,1-3H3. The molecule has 1 rings (SSSR count). The first-order valence-corrected chi connectivity index (χ1v) is 8.86. The van der Waals surface area contributed by atoms with E-state index in [2.05, 4.69) is 13.8 Å². The molecule has 6 heteroatoms. The smallest absolute Gasteiger partial charge is 0.211 e. The summed E-state index contributed by atoms with van der Waals surface area (Å²) in [5.74, 6) is 0.581. The van der Waals surface area contributed by atoms with Crippen LogP contribution in [0.1, 0.15) is 33.1 Å². The van der Waals surface area contributed by atoms with Crippen LogP contribution < -0.4 is 5.73 Å². The SMILES string of the molecule is CC(C)C(CN)(CO)CC1CCCN(S(C)(=O)=O)C1. The molecular formula is C13H28N2O3S. The first-order valence-electron chi connectivity index (χ1n) is 7.01. The lowest BCUT2D eigenvalue weighted by atomic mass is 9.70. The third-order valence-electron chi connectivity index (χ3n) is 4.59. The molecule has 0 aliphatic carbocycles. The molecule has 3 N–H and O–H groups in total. The maximum Gasteiger partial charge on any atom is 0.211 e. The van der Waals surface area contributed by atoms with Gasteiger partial charge in [-0.05, 0) is 31.1 Å². The Morgan fingerprint density at radius 3 is 2.53 bits per heavy atom. The second-order valence-electron chi connectivity index (χ2n) is 6.21. The van der Waals surface area contributed by atoms with Crippen LogP contribution in [0.4, 0.5) is 0 Å². The summed E-state index contributed by atoms with van der Waals surface area (Å²) in [6.07, 6.45) is 3.96. The van der Waals surface area contributed by atoms with Gasteiger partial charge in [0.1, 0.15) is 0 Å². The normalized spacial score (nSPS) is 25.5. The molecule has 1 aliphatic heterocycles. The van der Waals surface area contributed by atoms with Gasteiger partial charge in [-0.2, -0.15) is 0 Å². The van der Waals surface area contributed by atoms with E-state index < -0.39 is 10.0 Å². The van der Waals surface area contributed by atoms with E-state index in [1.165, 1.54) is 6.26 Å². The fourth-order valence-electron chi connectivity index (χ4n) is 2.94. The average molecular weight is 292 g/mol. The van der Waals surface area contributed by atoms with Gasteiger partial charge in [0.2, 0.25) is 10.0 Å². The number of hydrogen-bond donors (Lipinski definition) is 2. The summed E-state index contributed by atoms with van der Waals surface area (Å²) in [4.78, 5) is 0. The molecule has 0 spiro atoms. The molecule has 0 bridgehead atoms. The van der Waals surface area contributed by atoms with E-state index in [-0.39, 0.29) is 17.9 Å². The Labute approximate surface area is 117 Å². The Morgan fingerprint density at radius 2 is 2.11 bits per heavy atom. The van der Waals surface area contributed by atoms with Crippen molar-refractivity contribution in [2.75, 3.05) is 32.5 Å². The number of rotatable bonds is 6. The van der Waals surface area contributed by atoms with Gasteiger partial charge in [0.25, 0.3) is 0 Å². The molecule has 5 nitrogen and oxygen atoms in total. The Morgan fingerprint density at radius 1 is 1.47 bits per heavy atom. The van der Waals surface area contributed by atoms with E-state index in [1.807, 2.05) is 0 Å². The van der Waals surface area contributed by atoms with Crippen LogP contribution in [0.3, 0.4) is 0 Å². The largest absolute Gasteiger partial charge is 0.396 e. The fourth-order valence-corrected chi connectivity index (χ4v) is 3.88. The summed E-state index contributed by atoms with van der Waals surface area (Å²) < 4.78 is 24.8. The van der Waals surface area contributed by atoms with Crippen LogP contribution in [0.15, 0.2) is 0 Å². The van der Waals surface area contributed by atoms with Crippen molar-refractivity contribution < 1.29 is 13.5 Å². The number of sulfonamides is 1. The van der Waals surface area contributed by atoms with Gasteiger partial charge in [-0.25, -0.2) is 12.7 Å². The highest BCUT2D eigenvalue weighted by Gasteiger charge is 2.36. The summed E-state index contributed by atoms with van der Waals surface area (Å²) in [6, 6.07) is 0. The van der Waals surface area contributed by atoms with Crippen LogP contribution >= 0.6 is 0 Å². The van der Waals surface area contributed by atoms with Gasteiger partial charge in [0, 0.05) is 25.0 Å². The lowest BCUT2D eigenvalue weighted by molar-refractivity contribution is 0.0472. The third-order valence-corrected chi connectivity index (χ3v) is 5.86. The molecule has 0 amide bonds. The van der Waals surface area contributed by atoms with Crippen LogP contribution in [0.2, 0.25) is 0 Å². The summed E-state index contributed by atoms with van der Waals surface area (Å²) in [5, 5.41) is 9.69. The first kappa shape index (κ1) is 16.9. The number of piperidine rings is 1. The third kappa shape index (κ3) is 4.15. The molecule has 0 aromatic heterocycles. The zero-order chi connectivity index (χ0) is 14.7. The van der Waals surface area contributed by atoms with Crippen molar-refractivity contribution in [3.8, 4) is 0 Å². The van der Waals surface area contributed by atoms with Crippen molar-refractivity contribution in [2.45, 2.75) is 33.1 Å². The molecule has 2 unspecified atom stereocenters. The van der Waals surface area contributed by atoms with Crippen LogP contribution in [-0.2, 0) is 10.0 Å². The number of nitrogens with two attached hydrogens (primary N) is 1. The molecular weight excluding hydrogens is 264 g/mol. The van der Waals surface area contributed by atoms with Crippen molar-refractivity contribution in [1.29, 1.82) is 0 Å². The maximum absolute atomic E-state index is 11.6. The Kier molecular flexibility index (Phi) is 5.79. The average Bonchev–Trinajstić information content (AvgIpc) is 2.35. The van der Waals surface area contributed by atoms with E-state index in [4.69, 9.17) is 5.73 Å². The molecule has 2 atom stereocenters. The summed E-state index contributed by atoms with van der Waals surface area (Å²) in [5.41, 5.74) is 5.58. The van der Waals surface area contributed by atoms with E-state index in [9.17, 15) is 13.5 Å². The van der Waals surface area contributed by atoms with Crippen LogP contribution in [0.5, 0.6) is 0 Å². The van der Waals surface area contributed by atoms with E-state index >= 15 is 0 Å². The molecule has 0 saturated carbocycles. The highest BCUT2D eigenvalue weighted by atomic mass is 32.2. The second-order valence-corrected chi connectivity index (χ2v) is 8.20. The van der Waals surface area contributed by atoms with Gasteiger partial charge in [0.05, 0.1) is 12.9 Å². The van der Waals surface area contributed by atoms with Gasteiger partial charge < -0.3 is 10.8 Å². The van der Waals surface area contributed by atoms with Crippen LogP contribution in [-0.4, -0.2) is 50.3 Å². The topological polar surface area (TPSA) is 83.6 Å². The predicted octanol–water partition coefficient (Wildman–Crippen LogP) is 0.642. The fraction of sp³-hybridized carbons (Fsp3) is 1.00. The van der Waals surface area contributed by atoms with Crippen molar-refractivity contribution in [2.24, 2.45) is 23.0 Å². The highest BCUT2D eigenvalue weighted by Crippen LogP contribution is 2.36. The molecule has 0 radical (unpaired) electrons. The lowest BCUT2D eigenvalue weighted by Crippen LogP contribution is -2.45. The van der Waals surface area contributed by atoms with Crippen LogP contribution in [0.25, 0.3) is 0 Å². The Hall–Kier alpha value is -0.170. The zero-order valence-corrected chi connectivity index (χ0v) is 13.1. The maximum atomic E-state index is 11.6. The minimum Gasteiger partial charge on any atom is -0.396 e. The monoisotopic (exact) mass is 292 g/mol. The van der Waals surface area contributed by atoms with Gasteiger partial charge in [-0.3, -0.25) is 0 Å². The summed E-state index contributed by atoms with van der Waals surface area (Å²) >= 11 is 0. The van der Waals surface area contributed by atoms with Gasteiger partial charge in [0.15, 0.2) is 0 Å². The van der Waals surface area contributed by atoms with E-state index in [0.29, 0.717) is 25.6 Å². The molecule has 19 heavy (non-hydrogen) atoms. The number of hydrogen-bond acceptors (Lipinski definition) is 4. The van der Waals surface area contributed by atoms with Crippen molar-refractivity contribution >= 4 is 10.0 Å². The highest BCUT2D eigenvalue weighted by molar-refractivity contribution is 7.88.